The van der Waals surface area contributed by atoms with Gasteiger partial charge in [-0.05, 0) is 48.4 Å². The summed E-state index contributed by atoms with van der Waals surface area (Å²) in [6.07, 6.45) is 3.30. The number of hydrogen-bond donors (Lipinski definition) is 1. The molecule has 2 heterocycles. The number of anilines is 1. The van der Waals surface area contributed by atoms with Gasteiger partial charge in [-0.2, -0.15) is 5.10 Å². The number of esters is 1. The first-order valence-corrected chi connectivity index (χ1v) is 9.77. The number of halogens is 2. The minimum atomic E-state index is -0.515. The fourth-order valence-corrected chi connectivity index (χ4v) is 3.46. The van der Waals surface area contributed by atoms with Crippen LogP contribution in [-0.4, -0.2) is 39.9 Å². The van der Waals surface area contributed by atoms with Crippen LogP contribution < -0.4 is 10.1 Å². The highest BCUT2D eigenvalue weighted by Gasteiger charge is 2.28. The lowest BCUT2D eigenvalue weighted by molar-refractivity contribution is -0.152. The third kappa shape index (κ3) is 4.55. The van der Waals surface area contributed by atoms with E-state index in [4.69, 9.17) is 32.7 Å². The molecule has 0 saturated heterocycles. The Hall–Kier alpha value is -3.10. The van der Waals surface area contributed by atoms with Gasteiger partial charge in [0.05, 0.1) is 17.3 Å². The van der Waals surface area contributed by atoms with Crippen LogP contribution in [0.3, 0.4) is 0 Å². The van der Waals surface area contributed by atoms with E-state index in [1.54, 1.807) is 36.4 Å². The van der Waals surface area contributed by atoms with E-state index in [0.717, 1.165) is 5.56 Å². The molecule has 4 rings (SSSR count). The molecule has 10 heteroatoms. The monoisotopic (exact) mass is 446 g/mol. The third-order valence-electron chi connectivity index (χ3n) is 4.51. The average molecular weight is 447 g/mol. The van der Waals surface area contributed by atoms with Crippen LogP contribution in [0, 0.1) is 5.92 Å². The van der Waals surface area contributed by atoms with Gasteiger partial charge in [0.15, 0.2) is 6.61 Å². The topological polar surface area (TPSA) is 95.3 Å². The first-order valence-electron chi connectivity index (χ1n) is 9.02. The molecular weight excluding hydrogens is 431 g/mol. The fourth-order valence-electron chi connectivity index (χ4n) is 3.10. The van der Waals surface area contributed by atoms with E-state index in [1.807, 2.05) is 0 Å². The molecule has 1 aliphatic heterocycles. The van der Waals surface area contributed by atoms with Crippen LogP contribution in [0.4, 0.5) is 5.69 Å². The van der Waals surface area contributed by atoms with E-state index < -0.39 is 24.4 Å². The first kappa shape index (κ1) is 20.2. The maximum Gasteiger partial charge on any atom is 0.313 e. The number of carbonyl (C=O) groups is 2. The van der Waals surface area contributed by atoms with Gasteiger partial charge in [-0.3, -0.25) is 9.59 Å². The van der Waals surface area contributed by atoms with Crippen molar-refractivity contribution in [2.75, 3.05) is 18.5 Å². The van der Waals surface area contributed by atoms with Crippen LogP contribution in [-0.2, 0) is 20.7 Å². The number of rotatable bonds is 5. The van der Waals surface area contributed by atoms with Crippen molar-refractivity contribution in [1.29, 1.82) is 0 Å². The SMILES string of the molecule is O=C(COC(=O)C1COc2ccc(Cl)cc2C1)Nc1cc(Cl)ccc1-n1cncn1. The second-order valence-corrected chi connectivity index (χ2v) is 7.49. The smallest absolute Gasteiger partial charge is 0.313 e. The summed E-state index contributed by atoms with van der Waals surface area (Å²) in [5.74, 6) is -0.839. The molecule has 1 aromatic heterocycles. The van der Waals surface area contributed by atoms with Gasteiger partial charge in [-0.25, -0.2) is 9.67 Å². The molecule has 1 amide bonds. The lowest BCUT2D eigenvalue weighted by Crippen LogP contribution is -2.32. The molecule has 1 unspecified atom stereocenters. The van der Waals surface area contributed by atoms with Crippen molar-refractivity contribution in [1.82, 2.24) is 14.8 Å². The second-order valence-electron chi connectivity index (χ2n) is 6.62. The average Bonchev–Trinajstić information content (AvgIpc) is 3.26. The van der Waals surface area contributed by atoms with E-state index in [9.17, 15) is 9.59 Å². The Morgan fingerprint density at radius 1 is 1.20 bits per heavy atom. The molecule has 0 aliphatic carbocycles. The van der Waals surface area contributed by atoms with Crippen molar-refractivity contribution in [2.45, 2.75) is 6.42 Å². The summed E-state index contributed by atoms with van der Waals surface area (Å²) < 4.78 is 12.3. The van der Waals surface area contributed by atoms with Crippen molar-refractivity contribution in [2.24, 2.45) is 5.92 Å². The van der Waals surface area contributed by atoms with Crippen molar-refractivity contribution < 1.29 is 19.1 Å². The predicted octanol–water partition coefficient (Wildman–Crippen LogP) is 3.31. The van der Waals surface area contributed by atoms with Crippen molar-refractivity contribution >= 4 is 40.8 Å². The van der Waals surface area contributed by atoms with Crippen molar-refractivity contribution in [3.05, 3.63) is 64.7 Å². The van der Waals surface area contributed by atoms with Crippen molar-refractivity contribution in [3.8, 4) is 11.4 Å². The molecule has 0 saturated carbocycles. The van der Waals surface area contributed by atoms with E-state index in [0.29, 0.717) is 33.6 Å². The van der Waals surface area contributed by atoms with Gasteiger partial charge in [-0.15, -0.1) is 0 Å². The number of ether oxygens (including phenoxy) is 2. The number of fused-ring (bicyclic) bond motifs is 1. The standard InChI is InChI=1S/C20H16Cl2N4O4/c21-14-2-4-18-12(6-14)5-13(8-29-18)20(28)30-9-19(27)25-16-7-15(22)1-3-17(16)26-11-23-10-24-26/h1-4,6-7,10-11,13H,5,8-9H2,(H,25,27). The maximum absolute atomic E-state index is 12.4. The Kier molecular flexibility index (Phi) is 5.87. The van der Waals surface area contributed by atoms with Crippen molar-refractivity contribution in [3.63, 3.8) is 0 Å². The Labute approximate surface area is 181 Å². The van der Waals surface area contributed by atoms with Gasteiger partial charge in [0.25, 0.3) is 5.91 Å². The Morgan fingerprint density at radius 2 is 2.00 bits per heavy atom. The summed E-state index contributed by atoms with van der Waals surface area (Å²) in [5.41, 5.74) is 1.82. The summed E-state index contributed by atoms with van der Waals surface area (Å²) in [6, 6.07) is 10.2. The summed E-state index contributed by atoms with van der Waals surface area (Å²) in [7, 11) is 0. The fraction of sp³-hybridized carbons (Fsp3) is 0.200. The number of carbonyl (C=O) groups excluding carboxylic acids is 2. The van der Waals surface area contributed by atoms with E-state index in [1.165, 1.54) is 17.3 Å². The molecule has 3 aromatic rings. The zero-order chi connectivity index (χ0) is 21.1. The number of nitrogens with zero attached hydrogens (tertiary/aromatic N) is 3. The molecule has 1 atom stereocenters. The van der Waals surface area contributed by atoms with Crippen LogP contribution in [0.5, 0.6) is 5.75 Å². The second kappa shape index (κ2) is 8.73. The number of amides is 1. The van der Waals surface area contributed by atoms with Crippen LogP contribution in [0.1, 0.15) is 5.56 Å². The minimum absolute atomic E-state index is 0.180. The number of aromatic nitrogens is 3. The van der Waals surface area contributed by atoms with Gasteiger partial charge in [0.1, 0.15) is 25.0 Å². The number of nitrogens with one attached hydrogen (secondary N) is 1. The summed E-state index contributed by atoms with van der Waals surface area (Å²) >= 11 is 12.0. The van der Waals surface area contributed by atoms with Gasteiger partial charge < -0.3 is 14.8 Å². The molecule has 8 nitrogen and oxygen atoms in total. The molecule has 154 valence electrons. The first-order chi connectivity index (χ1) is 14.5. The molecule has 30 heavy (non-hydrogen) atoms. The molecule has 0 bridgehead atoms. The minimum Gasteiger partial charge on any atom is -0.492 e. The third-order valence-corrected chi connectivity index (χ3v) is 4.98. The quantitative estimate of drug-likeness (QED) is 0.604. The largest absolute Gasteiger partial charge is 0.492 e. The van der Waals surface area contributed by atoms with Gasteiger partial charge >= 0.3 is 5.97 Å². The van der Waals surface area contributed by atoms with Gasteiger partial charge in [-0.1, -0.05) is 23.2 Å². The summed E-state index contributed by atoms with van der Waals surface area (Å²) in [4.78, 5) is 28.6. The lowest BCUT2D eigenvalue weighted by Gasteiger charge is -2.24. The van der Waals surface area contributed by atoms with E-state index in [2.05, 4.69) is 15.4 Å². The normalized spacial score (nSPS) is 15.1. The van der Waals surface area contributed by atoms with E-state index >= 15 is 0 Å². The molecule has 0 spiro atoms. The van der Waals surface area contributed by atoms with Crippen LogP contribution in [0.25, 0.3) is 5.69 Å². The highest BCUT2D eigenvalue weighted by Crippen LogP contribution is 2.30. The number of benzene rings is 2. The lowest BCUT2D eigenvalue weighted by atomic mass is 9.97. The molecule has 2 aromatic carbocycles. The van der Waals surface area contributed by atoms with Crippen LogP contribution in [0.15, 0.2) is 49.1 Å². The van der Waals surface area contributed by atoms with E-state index in [-0.39, 0.29) is 6.61 Å². The highest BCUT2D eigenvalue weighted by atomic mass is 35.5. The Morgan fingerprint density at radius 3 is 2.80 bits per heavy atom. The van der Waals surface area contributed by atoms with Gasteiger partial charge in [0, 0.05) is 10.0 Å². The summed E-state index contributed by atoms with van der Waals surface area (Å²) in [6.45, 7) is -0.263. The van der Waals surface area contributed by atoms with Crippen LogP contribution in [0.2, 0.25) is 10.0 Å². The van der Waals surface area contributed by atoms with Crippen LogP contribution >= 0.6 is 23.2 Å². The molecular formula is C20H16Cl2N4O4. The van der Waals surface area contributed by atoms with Gasteiger partial charge in [0.2, 0.25) is 0 Å². The summed E-state index contributed by atoms with van der Waals surface area (Å²) in [5, 5.41) is 7.73. The maximum atomic E-state index is 12.4. The predicted molar refractivity (Wildman–Crippen MR) is 110 cm³/mol. The molecule has 1 aliphatic rings. The number of hydrogen-bond acceptors (Lipinski definition) is 6. The molecule has 0 radical (unpaired) electrons. The zero-order valence-corrected chi connectivity index (χ0v) is 17.1. The zero-order valence-electron chi connectivity index (χ0n) is 15.5. The Balaban J connectivity index is 1.37. The molecule has 0 fully saturated rings. The Bertz CT molecular complexity index is 1090. The molecule has 1 N–H and O–H groups in total. The highest BCUT2D eigenvalue weighted by molar-refractivity contribution is 6.31.